The van der Waals surface area contributed by atoms with Crippen LogP contribution in [0.5, 0.6) is 0 Å². The summed E-state index contributed by atoms with van der Waals surface area (Å²) in [6.45, 7) is 3.88. The van der Waals surface area contributed by atoms with Gasteiger partial charge in [-0.05, 0) is 31.9 Å². The van der Waals surface area contributed by atoms with Crippen molar-refractivity contribution in [3.05, 3.63) is 24.2 Å². The quantitative estimate of drug-likeness (QED) is 0.809. The number of carbonyl (C=O) groups excluding carboxylic acids is 1. The average Bonchev–Trinajstić information content (AvgIpc) is 2.90. The van der Waals surface area contributed by atoms with Crippen molar-refractivity contribution in [1.82, 2.24) is 10.6 Å². The molecule has 5 nitrogen and oxygen atoms in total. The van der Waals surface area contributed by atoms with Crippen molar-refractivity contribution in [1.29, 1.82) is 0 Å². The minimum absolute atomic E-state index is 0.0539. The first kappa shape index (κ1) is 14.1. The first-order valence-electron chi connectivity index (χ1n) is 6.87. The molecule has 1 fully saturated rings. The Hall–Kier alpha value is -1.33. The maximum absolute atomic E-state index is 11.8. The van der Waals surface area contributed by atoms with Gasteiger partial charge in [0.05, 0.1) is 12.8 Å². The molecule has 1 aliphatic rings. The number of carbonyl (C=O) groups is 1. The molecule has 2 heterocycles. The molecule has 1 aromatic heterocycles. The zero-order chi connectivity index (χ0) is 13.5. The molecule has 0 aromatic carbocycles. The number of furan rings is 1. The molecule has 106 valence electrons. The van der Waals surface area contributed by atoms with Crippen molar-refractivity contribution in [2.24, 2.45) is 0 Å². The Kier molecular flexibility index (Phi) is 5.42. The molecule has 0 saturated carbocycles. The monoisotopic (exact) mass is 266 g/mol. The number of hydrogen-bond acceptors (Lipinski definition) is 4. The molecule has 0 aliphatic carbocycles. The highest BCUT2D eigenvalue weighted by atomic mass is 16.5. The summed E-state index contributed by atoms with van der Waals surface area (Å²) in [6, 6.07) is 4.30. The summed E-state index contributed by atoms with van der Waals surface area (Å²) < 4.78 is 10.5. The molecule has 0 spiro atoms. The summed E-state index contributed by atoms with van der Waals surface area (Å²) >= 11 is 0. The zero-order valence-electron chi connectivity index (χ0n) is 11.4. The summed E-state index contributed by atoms with van der Waals surface area (Å²) in [5, 5.41) is 6.24. The molecule has 1 aromatic rings. The van der Waals surface area contributed by atoms with Gasteiger partial charge in [-0.1, -0.05) is 0 Å². The zero-order valence-corrected chi connectivity index (χ0v) is 11.4. The fourth-order valence-electron chi connectivity index (χ4n) is 2.19. The number of hydrogen-bond donors (Lipinski definition) is 2. The van der Waals surface area contributed by atoms with E-state index in [2.05, 4.69) is 10.6 Å². The van der Waals surface area contributed by atoms with Gasteiger partial charge < -0.3 is 19.8 Å². The van der Waals surface area contributed by atoms with E-state index in [9.17, 15) is 4.79 Å². The summed E-state index contributed by atoms with van der Waals surface area (Å²) in [4.78, 5) is 11.8. The van der Waals surface area contributed by atoms with Crippen molar-refractivity contribution < 1.29 is 13.9 Å². The van der Waals surface area contributed by atoms with Crippen LogP contribution in [-0.2, 0) is 16.0 Å². The van der Waals surface area contributed by atoms with Crippen LogP contribution >= 0.6 is 0 Å². The van der Waals surface area contributed by atoms with E-state index in [0.29, 0.717) is 6.54 Å². The van der Waals surface area contributed by atoms with Crippen LogP contribution in [0.3, 0.4) is 0 Å². The summed E-state index contributed by atoms with van der Waals surface area (Å²) in [7, 11) is 0. The third-order valence-electron chi connectivity index (χ3n) is 3.28. The van der Waals surface area contributed by atoms with Gasteiger partial charge >= 0.3 is 0 Å². The van der Waals surface area contributed by atoms with Gasteiger partial charge in [0, 0.05) is 31.7 Å². The van der Waals surface area contributed by atoms with Crippen LogP contribution in [0.15, 0.2) is 22.8 Å². The summed E-state index contributed by atoms with van der Waals surface area (Å²) in [6.07, 6.45) is 4.28. The molecule has 19 heavy (non-hydrogen) atoms. The molecular weight excluding hydrogens is 244 g/mol. The predicted molar refractivity (Wildman–Crippen MR) is 71.9 cm³/mol. The Morgan fingerprint density at radius 2 is 2.26 bits per heavy atom. The van der Waals surface area contributed by atoms with E-state index >= 15 is 0 Å². The molecule has 1 atom stereocenters. The van der Waals surface area contributed by atoms with Crippen molar-refractivity contribution in [2.45, 2.75) is 38.3 Å². The van der Waals surface area contributed by atoms with Crippen LogP contribution in [0, 0.1) is 0 Å². The van der Waals surface area contributed by atoms with Gasteiger partial charge in [0.2, 0.25) is 5.91 Å². The highest BCUT2D eigenvalue weighted by Gasteiger charge is 2.16. The highest BCUT2D eigenvalue weighted by Crippen LogP contribution is 2.06. The molecule has 5 heteroatoms. The number of rotatable bonds is 6. The lowest BCUT2D eigenvalue weighted by molar-refractivity contribution is -0.121. The van der Waals surface area contributed by atoms with Crippen molar-refractivity contribution >= 4 is 5.91 Å². The summed E-state index contributed by atoms with van der Waals surface area (Å²) in [5.41, 5.74) is 0. The third kappa shape index (κ3) is 5.04. The Bertz CT molecular complexity index is 372. The standard InChI is InChI=1S/C14H22N2O3/c1-11(9-13-3-2-6-19-13)15-10-14(17)16-12-4-7-18-8-5-12/h2-3,6,11-12,15H,4-5,7-10H2,1H3,(H,16,17). The molecule has 1 aliphatic heterocycles. The van der Waals surface area contributed by atoms with E-state index in [1.54, 1.807) is 6.26 Å². The minimum atomic E-state index is 0.0539. The van der Waals surface area contributed by atoms with Gasteiger partial charge in [-0.3, -0.25) is 4.79 Å². The second kappa shape index (κ2) is 7.31. The van der Waals surface area contributed by atoms with Crippen LogP contribution in [0.25, 0.3) is 0 Å². The Morgan fingerprint density at radius 1 is 1.47 bits per heavy atom. The smallest absolute Gasteiger partial charge is 0.234 e. The van der Waals surface area contributed by atoms with E-state index in [1.807, 2.05) is 19.1 Å². The molecule has 1 amide bonds. The van der Waals surface area contributed by atoms with E-state index in [0.717, 1.165) is 38.2 Å². The second-order valence-corrected chi connectivity index (χ2v) is 5.02. The lowest BCUT2D eigenvalue weighted by Crippen LogP contribution is -2.44. The topological polar surface area (TPSA) is 63.5 Å². The Morgan fingerprint density at radius 3 is 2.95 bits per heavy atom. The molecule has 1 unspecified atom stereocenters. The molecule has 0 radical (unpaired) electrons. The van der Waals surface area contributed by atoms with E-state index < -0.39 is 0 Å². The lowest BCUT2D eigenvalue weighted by atomic mass is 10.1. The molecule has 0 bridgehead atoms. The maximum atomic E-state index is 11.8. The van der Waals surface area contributed by atoms with Crippen molar-refractivity contribution in [3.8, 4) is 0 Å². The Balaban J connectivity index is 1.62. The Labute approximate surface area is 113 Å². The number of nitrogens with one attached hydrogen (secondary N) is 2. The average molecular weight is 266 g/mol. The fraction of sp³-hybridized carbons (Fsp3) is 0.643. The van der Waals surface area contributed by atoms with Crippen LogP contribution in [0.4, 0.5) is 0 Å². The molecule has 2 rings (SSSR count). The largest absolute Gasteiger partial charge is 0.469 e. The molecular formula is C14H22N2O3. The fourth-order valence-corrected chi connectivity index (χ4v) is 2.19. The van der Waals surface area contributed by atoms with Crippen LogP contribution in [0.2, 0.25) is 0 Å². The number of ether oxygens (including phenoxy) is 1. The summed E-state index contributed by atoms with van der Waals surface area (Å²) in [5.74, 6) is 0.989. The van der Waals surface area contributed by atoms with Gasteiger partial charge in [0.25, 0.3) is 0 Å². The van der Waals surface area contributed by atoms with Crippen LogP contribution < -0.4 is 10.6 Å². The first-order chi connectivity index (χ1) is 9.24. The maximum Gasteiger partial charge on any atom is 0.234 e. The van der Waals surface area contributed by atoms with Crippen molar-refractivity contribution in [3.63, 3.8) is 0 Å². The van der Waals surface area contributed by atoms with E-state index in [-0.39, 0.29) is 18.0 Å². The normalized spacial score (nSPS) is 18.2. The second-order valence-electron chi connectivity index (χ2n) is 5.02. The number of amides is 1. The third-order valence-corrected chi connectivity index (χ3v) is 3.28. The SMILES string of the molecule is CC(Cc1ccco1)NCC(=O)NC1CCOCC1. The van der Waals surface area contributed by atoms with Crippen LogP contribution in [0.1, 0.15) is 25.5 Å². The van der Waals surface area contributed by atoms with Gasteiger partial charge in [-0.25, -0.2) is 0 Å². The van der Waals surface area contributed by atoms with E-state index in [1.165, 1.54) is 0 Å². The van der Waals surface area contributed by atoms with E-state index in [4.69, 9.17) is 9.15 Å². The predicted octanol–water partition coefficient (Wildman–Crippen LogP) is 1.10. The van der Waals surface area contributed by atoms with Gasteiger partial charge in [0.15, 0.2) is 0 Å². The van der Waals surface area contributed by atoms with Gasteiger partial charge in [-0.15, -0.1) is 0 Å². The molecule has 2 N–H and O–H groups in total. The van der Waals surface area contributed by atoms with Crippen molar-refractivity contribution in [2.75, 3.05) is 19.8 Å². The lowest BCUT2D eigenvalue weighted by Gasteiger charge is -2.23. The molecule has 1 saturated heterocycles. The highest BCUT2D eigenvalue weighted by molar-refractivity contribution is 5.78. The van der Waals surface area contributed by atoms with Crippen LogP contribution in [-0.4, -0.2) is 37.7 Å². The minimum Gasteiger partial charge on any atom is -0.469 e. The first-order valence-corrected chi connectivity index (χ1v) is 6.87. The van der Waals surface area contributed by atoms with Gasteiger partial charge in [-0.2, -0.15) is 0 Å². The van der Waals surface area contributed by atoms with Gasteiger partial charge in [0.1, 0.15) is 5.76 Å².